The lowest BCUT2D eigenvalue weighted by atomic mass is 9.95. The van der Waals surface area contributed by atoms with Gasteiger partial charge < -0.3 is 9.80 Å². The van der Waals surface area contributed by atoms with E-state index in [1.807, 2.05) is 30.0 Å². The largest absolute Gasteiger partial charge is 0.363 e. The van der Waals surface area contributed by atoms with Crippen molar-refractivity contribution in [3.63, 3.8) is 0 Å². The fourth-order valence-electron chi connectivity index (χ4n) is 3.49. The van der Waals surface area contributed by atoms with Gasteiger partial charge in [0.2, 0.25) is 5.95 Å². The zero-order chi connectivity index (χ0) is 18.0. The second kappa shape index (κ2) is 7.09. The van der Waals surface area contributed by atoms with Crippen molar-refractivity contribution in [2.45, 2.75) is 32.7 Å². The minimum absolute atomic E-state index is 0.109. The molecule has 0 saturated carbocycles. The summed E-state index contributed by atoms with van der Waals surface area (Å²) in [4.78, 5) is 25.2. The maximum absolute atomic E-state index is 12.8. The van der Waals surface area contributed by atoms with E-state index < -0.39 is 0 Å². The smallest absolute Gasteiger partial charge is 0.324 e. The minimum Gasteiger partial charge on any atom is -0.363 e. The number of aryl methyl sites for hydroxylation is 2. The monoisotopic (exact) mass is 339 g/mol. The molecule has 25 heavy (non-hydrogen) atoms. The van der Waals surface area contributed by atoms with E-state index >= 15 is 0 Å². The number of aromatic nitrogens is 2. The van der Waals surface area contributed by atoms with Gasteiger partial charge in [0.25, 0.3) is 0 Å². The average molecular weight is 339 g/mol. The normalized spacial score (nSPS) is 16.8. The third-order valence-corrected chi connectivity index (χ3v) is 4.71. The molecule has 1 aromatic carbocycles. The highest BCUT2D eigenvalue weighted by atomic mass is 16.2. The molecular weight excluding hydrogens is 314 g/mol. The molecule has 1 aliphatic rings. The van der Waals surface area contributed by atoms with Crippen molar-refractivity contribution in [1.29, 1.82) is 0 Å². The quantitative estimate of drug-likeness (QED) is 0.929. The summed E-state index contributed by atoms with van der Waals surface area (Å²) in [6, 6.07) is 8.07. The summed E-state index contributed by atoms with van der Waals surface area (Å²) in [6.07, 6.45) is 3.65. The van der Waals surface area contributed by atoms with E-state index in [0.29, 0.717) is 5.95 Å². The van der Waals surface area contributed by atoms with Crippen LogP contribution in [0.2, 0.25) is 0 Å². The Balaban J connectivity index is 1.81. The number of rotatable bonds is 3. The van der Waals surface area contributed by atoms with E-state index in [-0.39, 0.29) is 12.1 Å². The molecule has 1 N–H and O–H groups in total. The standard InChI is InChI=1S/C19H25N5O/c1-13-7-5-8-14(2)17(13)15-9-6-12-24(15)19(25)22-18-20-11-10-16(21-18)23(3)4/h5,7-8,10-11,15H,6,9,12H2,1-4H3,(H,20,21,22,25). The second-order valence-corrected chi connectivity index (χ2v) is 6.72. The Morgan fingerprint density at radius 1 is 1.24 bits per heavy atom. The van der Waals surface area contributed by atoms with E-state index in [1.54, 1.807) is 6.20 Å². The summed E-state index contributed by atoms with van der Waals surface area (Å²) in [5, 5.41) is 2.86. The molecule has 0 spiro atoms. The molecule has 1 fully saturated rings. The average Bonchev–Trinajstić information content (AvgIpc) is 3.04. The second-order valence-electron chi connectivity index (χ2n) is 6.72. The molecule has 2 heterocycles. The van der Waals surface area contributed by atoms with E-state index in [4.69, 9.17) is 0 Å². The Bertz CT molecular complexity index is 754. The van der Waals surface area contributed by atoms with E-state index in [2.05, 4.69) is 47.3 Å². The van der Waals surface area contributed by atoms with Crippen molar-refractivity contribution < 1.29 is 4.79 Å². The van der Waals surface area contributed by atoms with Crippen molar-refractivity contribution >= 4 is 17.8 Å². The predicted molar refractivity (Wildman–Crippen MR) is 100.0 cm³/mol. The first-order chi connectivity index (χ1) is 12.0. The van der Waals surface area contributed by atoms with Crippen molar-refractivity contribution in [3.8, 4) is 0 Å². The molecule has 2 aromatic rings. The van der Waals surface area contributed by atoms with Crippen LogP contribution in [-0.2, 0) is 0 Å². The number of nitrogens with zero attached hydrogens (tertiary/aromatic N) is 4. The number of anilines is 2. The van der Waals surface area contributed by atoms with Crippen LogP contribution in [0.25, 0.3) is 0 Å². The minimum atomic E-state index is -0.138. The number of hydrogen-bond donors (Lipinski definition) is 1. The molecular formula is C19H25N5O. The maximum Gasteiger partial charge on any atom is 0.324 e. The van der Waals surface area contributed by atoms with E-state index in [9.17, 15) is 4.79 Å². The van der Waals surface area contributed by atoms with Gasteiger partial charge in [-0.3, -0.25) is 5.32 Å². The molecule has 2 amide bonds. The highest BCUT2D eigenvalue weighted by Crippen LogP contribution is 2.35. The fourth-order valence-corrected chi connectivity index (χ4v) is 3.49. The molecule has 0 bridgehead atoms. The number of carbonyl (C=O) groups is 1. The summed E-state index contributed by atoms with van der Waals surface area (Å²) in [5.41, 5.74) is 3.73. The lowest BCUT2D eigenvalue weighted by molar-refractivity contribution is 0.206. The van der Waals surface area contributed by atoms with Crippen molar-refractivity contribution in [3.05, 3.63) is 47.2 Å². The van der Waals surface area contributed by atoms with Crippen LogP contribution in [0.4, 0.5) is 16.6 Å². The van der Waals surface area contributed by atoms with Gasteiger partial charge >= 0.3 is 6.03 Å². The van der Waals surface area contributed by atoms with Gasteiger partial charge in [-0.1, -0.05) is 18.2 Å². The molecule has 1 unspecified atom stereocenters. The lowest BCUT2D eigenvalue weighted by Gasteiger charge is -2.27. The molecule has 1 aliphatic heterocycles. The number of hydrogen-bond acceptors (Lipinski definition) is 4. The van der Waals surface area contributed by atoms with Gasteiger partial charge in [-0.2, -0.15) is 4.98 Å². The molecule has 6 nitrogen and oxygen atoms in total. The first-order valence-corrected chi connectivity index (χ1v) is 8.61. The van der Waals surface area contributed by atoms with Crippen LogP contribution in [0.3, 0.4) is 0 Å². The zero-order valence-electron chi connectivity index (χ0n) is 15.3. The topological polar surface area (TPSA) is 61.4 Å². The molecule has 0 aliphatic carbocycles. The van der Waals surface area contributed by atoms with E-state index in [0.717, 1.165) is 25.2 Å². The first-order valence-electron chi connectivity index (χ1n) is 8.61. The molecule has 3 rings (SSSR count). The van der Waals surface area contributed by atoms with E-state index in [1.165, 1.54) is 16.7 Å². The molecule has 1 aromatic heterocycles. The third kappa shape index (κ3) is 3.57. The van der Waals surface area contributed by atoms with Crippen molar-refractivity contribution in [1.82, 2.24) is 14.9 Å². The summed E-state index contributed by atoms with van der Waals surface area (Å²) in [6.45, 7) is 4.97. The zero-order valence-corrected chi connectivity index (χ0v) is 15.3. The molecule has 0 radical (unpaired) electrons. The summed E-state index contributed by atoms with van der Waals surface area (Å²) < 4.78 is 0. The highest BCUT2D eigenvalue weighted by Gasteiger charge is 2.32. The Hall–Kier alpha value is -2.63. The Kier molecular flexibility index (Phi) is 4.88. The number of benzene rings is 1. The van der Waals surface area contributed by atoms with Crippen LogP contribution in [0.15, 0.2) is 30.5 Å². The van der Waals surface area contributed by atoms with Crippen LogP contribution in [0.5, 0.6) is 0 Å². The molecule has 132 valence electrons. The maximum atomic E-state index is 12.8. The highest BCUT2D eigenvalue weighted by molar-refractivity contribution is 5.88. The predicted octanol–water partition coefficient (Wildman–Crippen LogP) is 3.53. The van der Waals surface area contributed by atoms with Crippen LogP contribution in [0, 0.1) is 13.8 Å². The SMILES string of the molecule is Cc1cccc(C)c1C1CCCN1C(=O)Nc1nccc(N(C)C)n1. The fraction of sp³-hybridized carbons (Fsp3) is 0.421. The van der Waals surface area contributed by atoms with Crippen LogP contribution >= 0.6 is 0 Å². The number of urea groups is 1. The number of carbonyl (C=O) groups excluding carboxylic acids is 1. The molecule has 1 atom stereocenters. The van der Waals surface area contributed by atoms with Gasteiger partial charge in [-0.15, -0.1) is 0 Å². The van der Waals surface area contributed by atoms with Crippen LogP contribution in [0.1, 0.15) is 35.6 Å². The van der Waals surface area contributed by atoms with Gasteiger partial charge in [0.1, 0.15) is 5.82 Å². The van der Waals surface area contributed by atoms with Gasteiger partial charge in [0.15, 0.2) is 0 Å². The Morgan fingerprint density at radius 3 is 2.64 bits per heavy atom. The van der Waals surface area contributed by atoms with Gasteiger partial charge in [0, 0.05) is 26.8 Å². The Morgan fingerprint density at radius 2 is 1.96 bits per heavy atom. The number of likely N-dealkylation sites (tertiary alicyclic amines) is 1. The number of nitrogens with one attached hydrogen (secondary N) is 1. The summed E-state index contributed by atoms with van der Waals surface area (Å²) in [7, 11) is 3.82. The van der Waals surface area contributed by atoms with Crippen molar-refractivity contribution in [2.75, 3.05) is 30.9 Å². The third-order valence-electron chi connectivity index (χ3n) is 4.71. The summed E-state index contributed by atoms with van der Waals surface area (Å²) >= 11 is 0. The summed E-state index contributed by atoms with van der Waals surface area (Å²) in [5.74, 6) is 1.10. The van der Waals surface area contributed by atoms with Crippen LogP contribution in [-0.4, -0.2) is 41.5 Å². The van der Waals surface area contributed by atoms with Gasteiger partial charge in [-0.25, -0.2) is 9.78 Å². The Labute approximate surface area is 148 Å². The van der Waals surface area contributed by atoms with Crippen LogP contribution < -0.4 is 10.2 Å². The lowest BCUT2D eigenvalue weighted by Crippen LogP contribution is -2.35. The van der Waals surface area contributed by atoms with Gasteiger partial charge in [0.05, 0.1) is 6.04 Å². The number of amides is 2. The molecule has 1 saturated heterocycles. The van der Waals surface area contributed by atoms with Gasteiger partial charge in [-0.05, 0) is 49.4 Å². The molecule has 6 heteroatoms. The van der Waals surface area contributed by atoms with Crippen molar-refractivity contribution in [2.24, 2.45) is 0 Å². The first kappa shape index (κ1) is 17.2.